The zero-order valence-electron chi connectivity index (χ0n) is 46.7. The summed E-state index contributed by atoms with van der Waals surface area (Å²) in [7, 11) is 0. The predicted molar refractivity (Wildman–Crippen MR) is 318 cm³/mol. The number of nitrogens with zero attached hydrogens (tertiary/aromatic N) is 4. The molecule has 2 saturated carbocycles. The Labute approximate surface area is 443 Å². The van der Waals surface area contributed by atoms with Gasteiger partial charge in [-0.2, -0.15) is 0 Å². The van der Waals surface area contributed by atoms with Crippen molar-refractivity contribution in [1.82, 2.24) is 0 Å². The lowest BCUT2D eigenvalue weighted by Gasteiger charge is -2.51. The number of rotatable bonds is 4. The van der Waals surface area contributed by atoms with E-state index >= 15 is 0 Å². The van der Waals surface area contributed by atoms with Crippen molar-refractivity contribution in [2.75, 3.05) is 19.6 Å². The van der Waals surface area contributed by atoms with E-state index in [0.29, 0.717) is 0 Å². The van der Waals surface area contributed by atoms with Crippen LogP contribution in [0.5, 0.6) is 0 Å². The van der Waals surface area contributed by atoms with Crippen LogP contribution >= 0.6 is 0 Å². The molecule has 0 aromatic heterocycles. The standard InChI is InChI=1S/C69H77BN4/c1-63(2,3)45-26-30-49(31-27-45)72-59-42-50(73-56-34-28-46(64(4,5)6)40-52(56)66(10)36-19-20-38-68(66,73)12)32-33-55(59)70-54-24-17-18-25-58(54)71(48-22-15-14-16-23-48)60-43-51(44-61(72)62(60)70)74-57-35-29-47(65(7,8)9)41-53(57)67(11)37-21-39-69(67,74)13/h14-18,22-35,40-44H,19-21,36-39H2,1-13H3. The minimum Gasteiger partial charge on any atom is -0.334 e. The lowest BCUT2D eigenvalue weighted by Crippen LogP contribution is -2.61. The second-order valence-electron chi connectivity index (χ2n) is 27.3. The van der Waals surface area contributed by atoms with Gasteiger partial charge in [0.05, 0.1) is 11.1 Å². The maximum atomic E-state index is 2.81. The predicted octanol–water partition coefficient (Wildman–Crippen LogP) is 16.8. The van der Waals surface area contributed by atoms with Crippen molar-refractivity contribution >= 4 is 80.0 Å². The molecule has 7 aromatic carbocycles. The maximum Gasteiger partial charge on any atom is 0.252 e. The van der Waals surface area contributed by atoms with E-state index in [1.54, 1.807) is 0 Å². The zero-order chi connectivity index (χ0) is 51.7. The van der Waals surface area contributed by atoms with Crippen molar-refractivity contribution in [3.05, 3.63) is 173 Å². The molecule has 0 bridgehead atoms. The van der Waals surface area contributed by atoms with Gasteiger partial charge in [0.25, 0.3) is 6.71 Å². The minimum atomic E-state index is -0.118. The first-order valence-electron chi connectivity index (χ1n) is 28.1. The molecule has 4 aliphatic heterocycles. The van der Waals surface area contributed by atoms with Crippen LogP contribution in [0.15, 0.2) is 146 Å². The number of fused-ring (bicyclic) bond motifs is 10. The molecule has 2 aliphatic carbocycles. The van der Waals surface area contributed by atoms with E-state index in [2.05, 4.69) is 255 Å². The highest BCUT2D eigenvalue weighted by molar-refractivity contribution is 7.00. The van der Waals surface area contributed by atoms with Gasteiger partial charge in [0.15, 0.2) is 0 Å². The SMILES string of the molecule is CC(C)(C)c1ccc(N2c3cc(N4c5ccc(C(C)(C)C)cc5C5(C)CCCCC45C)ccc3B3c4ccccc4N(c4ccccc4)c4cc(N5c6ccc(C(C)(C)C)cc6C6(C)CCCC56C)cc2c43)cc1. The Kier molecular flexibility index (Phi) is 10.1. The normalized spacial score (nSPS) is 24.5. The molecule has 0 N–H and O–H groups in total. The van der Waals surface area contributed by atoms with Gasteiger partial charge in [0, 0.05) is 67.7 Å². The van der Waals surface area contributed by atoms with E-state index in [-0.39, 0.29) is 44.9 Å². The highest BCUT2D eigenvalue weighted by Gasteiger charge is 2.61. The molecule has 4 heterocycles. The second-order valence-corrected chi connectivity index (χ2v) is 27.3. The largest absolute Gasteiger partial charge is 0.334 e. The summed E-state index contributed by atoms with van der Waals surface area (Å²) in [6.07, 6.45) is 8.39. The molecule has 2 fully saturated rings. The van der Waals surface area contributed by atoms with Gasteiger partial charge in [0.2, 0.25) is 0 Å². The van der Waals surface area contributed by atoms with Crippen LogP contribution in [-0.2, 0) is 27.1 Å². The Bertz CT molecular complexity index is 3430. The van der Waals surface area contributed by atoms with Crippen molar-refractivity contribution in [3.63, 3.8) is 0 Å². The number of benzene rings is 7. The third-order valence-corrected chi connectivity index (χ3v) is 20.2. The smallest absolute Gasteiger partial charge is 0.252 e. The van der Waals surface area contributed by atoms with E-state index in [9.17, 15) is 0 Å². The van der Waals surface area contributed by atoms with Crippen molar-refractivity contribution in [2.24, 2.45) is 0 Å². The molecular weight excluding hydrogens is 896 g/mol. The van der Waals surface area contributed by atoms with Gasteiger partial charge in [-0.15, -0.1) is 0 Å². The molecule has 5 heteroatoms. The number of para-hydroxylation sites is 2. The molecule has 0 radical (unpaired) electrons. The number of hydrogen-bond donors (Lipinski definition) is 0. The van der Waals surface area contributed by atoms with Crippen LogP contribution in [0.4, 0.5) is 56.9 Å². The van der Waals surface area contributed by atoms with Crippen LogP contribution in [0.25, 0.3) is 0 Å². The molecule has 376 valence electrons. The van der Waals surface area contributed by atoms with Gasteiger partial charge in [0.1, 0.15) is 0 Å². The highest BCUT2D eigenvalue weighted by Crippen LogP contribution is 2.65. The summed E-state index contributed by atoms with van der Waals surface area (Å²) in [5.41, 5.74) is 23.9. The van der Waals surface area contributed by atoms with Gasteiger partial charge in [-0.05, 0) is 167 Å². The quantitative estimate of drug-likeness (QED) is 0.163. The van der Waals surface area contributed by atoms with E-state index in [0.717, 1.165) is 12.8 Å². The minimum absolute atomic E-state index is 0.00164. The molecule has 0 saturated heterocycles. The van der Waals surface area contributed by atoms with Crippen LogP contribution < -0.4 is 36.0 Å². The average molecular weight is 973 g/mol. The van der Waals surface area contributed by atoms with Crippen LogP contribution in [0.2, 0.25) is 0 Å². The topological polar surface area (TPSA) is 13.0 Å². The average Bonchev–Trinajstić information content (AvgIpc) is 3.88. The fourth-order valence-corrected chi connectivity index (χ4v) is 15.5. The first-order chi connectivity index (χ1) is 35.1. The van der Waals surface area contributed by atoms with Crippen LogP contribution in [0, 0.1) is 0 Å². The van der Waals surface area contributed by atoms with E-state index in [1.807, 2.05) is 0 Å². The van der Waals surface area contributed by atoms with Crippen LogP contribution in [0.1, 0.15) is 163 Å². The van der Waals surface area contributed by atoms with Crippen molar-refractivity contribution in [1.29, 1.82) is 0 Å². The van der Waals surface area contributed by atoms with Crippen molar-refractivity contribution in [3.8, 4) is 0 Å². The molecule has 6 aliphatic rings. The maximum absolute atomic E-state index is 2.81. The van der Waals surface area contributed by atoms with Crippen LogP contribution in [0.3, 0.4) is 0 Å². The van der Waals surface area contributed by atoms with E-state index in [1.165, 1.54) is 133 Å². The summed E-state index contributed by atoms with van der Waals surface area (Å²) in [5, 5.41) is 0. The Morgan fingerprint density at radius 3 is 1.41 bits per heavy atom. The third kappa shape index (κ3) is 6.46. The van der Waals surface area contributed by atoms with Crippen LogP contribution in [-0.4, -0.2) is 17.8 Å². The lowest BCUT2D eigenvalue weighted by atomic mass is 9.33. The third-order valence-electron chi connectivity index (χ3n) is 20.2. The summed E-state index contributed by atoms with van der Waals surface area (Å²) in [5.74, 6) is 0. The monoisotopic (exact) mass is 973 g/mol. The zero-order valence-corrected chi connectivity index (χ0v) is 46.7. The first-order valence-corrected chi connectivity index (χ1v) is 28.1. The van der Waals surface area contributed by atoms with Gasteiger partial charge >= 0.3 is 0 Å². The summed E-state index contributed by atoms with van der Waals surface area (Å²) < 4.78 is 0. The Morgan fingerprint density at radius 2 is 0.811 bits per heavy atom. The fourth-order valence-electron chi connectivity index (χ4n) is 15.5. The highest BCUT2D eigenvalue weighted by atomic mass is 15.3. The summed E-state index contributed by atoms with van der Waals surface area (Å²) in [6.45, 7) is 31.5. The van der Waals surface area contributed by atoms with Gasteiger partial charge in [-0.3, -0.25) is 0 Å². The summed E-state index contributed by atoms with van der Waals surface area (Å²) in [6, 6.07) is 57.8. The fraction of sp³-hybridized carbons (Fsp3) is 0.391. The number of anilines is 10. The van der Waals surface area contributed by atoms with E-state index < -0.39 is 0 Å². The molecule has 4 atom stereocenters. The summed E-state index contributed by atoms with van der Waals surface area (Å²) >= 11 is 0. The molecular formula is C69H77BN4. The van der Waals surface area contributed by atoms with Gasteiger partial charge < -0.3 is 19.6 Å². The van der Waals surface area contributed by atoms with Crippen molar-refractivity contribution < 1.29 is 0 Å². The first kappa shape index (κ1) is 47.5. The Hall–Kier alpha value is -6.20. The number of hydrogen-bond acceptors (Lipinski definition) is 4. The Morgan fingerprint density at radius 1 is 0.365 bits per heavy atom. The second kappa shape index (κ2) is 15.7. The molecule has 4 nitrogen and oxygen atoms in total. The molecule has 13 rings (SSSR count). The van der Waals surface area contributed by atoms with Gasteiger partial charge in [-0.1, -0.05) is 174 Å². The van der Waals surface area contributed by atoms with Crippen molar-refractivity contribution in [2.45, 2.75) is 173 Å². The molecule has 7 aromatic rings. The lowest BCUT2D eigenvalue weighted by molar-refractivity contribution is 0.195. The molecule has 0 spiro atoms. The molecule has 4 unspecified atom stereocenters. The molecule has 74 heavy (non-hydrogen) atoms. The summed E-state index contributed by atoms with van der Waals surface area (Å²) in [4.78, 5) is 10.9. The van der Waals surface area contributed by atoms with Gasteiger partial charge in [-0.25, -0.2) is 0 Å². The molecule has 0 amide bonds. The van der Waals surface area contributed by atoms with E-state index in [4.69, 9.17) is 0 Å². The Balaban J connectivity index is 1.11.